The molecule has 1 aromatic heterocycles. The highest BCUT2D eigenvalue weighted by atomic mass is 32.2. The molecular weight excluding hydrogens is 560 g/mol. The maximum absolute atomic E-state index is 13.7. The number of carbonyl (C=O) groups is 3. The van der Waals surface area contributed by atoms with E-state index in [2.05, 4.69) is 10.3 Å². The smallest absolute Gasteiger partial charge is 0.305 e. The minimum absolute atomic E-state index is 0.282. The number of nitrogens with one attached hydrogen (secondary N) is 2. The second-order valence-electron chi connectivity index (χ2n) is 9.15. The predicted molar refractivity (Wildman–Crippen MR) is 146 cm³/mol. The fourth-order valence-electron chi connectivity index (χ4n) is 4.87. The summed E-state index contributed by atoms with van der Waals surface area (Å²) in [5, 5.41) is 2.38. The van der Waals surface area contributed by atoms with Gasteiger partial charge in [0.2, 0.25) is 11.8 Å². The molecule has 0 saturated carbocycles. The van der Waals surface area contributed by atoms with Crippen LogP contribution in [0.25, 0.3) is 0 Å². The molecule has 0 spiro atoms. The average Bonchev–Trinajstić information content (AvgIpc) is 3.44. The molecule has 40 heavy (non-hydrogen) atoms. The summed E-state index contributed by atoms with van der Waals surface area (Å²) < 4.78 is 32.1. The van der Waals surface area contributed by atoms with E-state index in [4.69, 9.17) is 4.74 Å². The van der Waals surface area contributed by atoms with Crippen LogP contribution in [0, 0.1) is 17.6 Å². The van der Waals surface area contributed by atoms with Crippen molar-refractivity contribution >= 4 is 52.2 Å². The number of aromatic nitrogens is 1. The number of benzene rings is 3. The van der Waals surface area contributed by atoms with Crippen LogP contribution in [-0.2, 0) is 14.4 Å². The molecule has 1 fully saturated rings. The monoisotopic (exact) mass is 579 g/mol. The molecular formula is C28H19F2N3O5S2. The quantitative estimate of drug-likeness (QED) is 0.325. The van der Waals surface area contributed by atoms with Gasteiger partial charge in [0, 0.05) is 16.5 Å². The van der Waals surface area contributed by atoms with Crippen molar-refractivity contribution in [3.05, 3.63) is 105 Å². The number of hydrogen-bond acceptors (Lipinski definition) is 7. The number of hydrogen-bond donors (Lipinski definition) is 2. The molecule has 8 nitrogen and oxygen atoms in total. The zero-order valence-corrected chi connectivity index (χ0v) is 22.1. The first-order valence-corrected chi connectivity index (χ1v) is 13.8. The summed E-state index contributed by atoms with van der Waals surface area (Å²) in [7, 11) is 0. The van der Waals surface area contributed by atoms with E-state index in [9.17, 15) is 28.0 Å². The first kappa shape index (κ1) is 26.0. The van der Waals surface area contributed by atoms with E-state index in [0.717, 1.165) is 28.0 Å². The summed E-state index contributed by atoms with van der Waals surface area (Å²) in [5.74, 6) is -3.15. The molecule has 4 aromatic rings. The lowest BCUT2D eigenvalue weighted by Crippen LogP contribution is -2.32. The van der Waals surface area contributed by atoms with E-state index in [1.165, 1.54) is 48.5 Å². The predicted octanol–water partition coefficient (Wildman–Crippen LogP) is 4.53. The molecule has 2 unspecified atom stereocenters. The Labute approximate surface area is 234 Å². The van der Waals surface area contributed by atoms with Gasteiger partial charge in [0.15, 0.2) is 6.61 Å². The minimum Gasteiger partial charge on any atom is -0.484 e. The van der Waals surface area contributed by atoms with Crippen LogP contribution in [0.4, 0.5) is 20.2 Å². The van der Waals surface area contributed by atoms with Crippen molar-refractivity contribution in [1.82, 2.24) is 4.98 Å². The molecule has 2 N–H and O–H groups in total. The van der Waals surface area contributed by atoms with Gasteiger partial charge in [0.25, 0.3) is 5.91 Å². The number of nitrogens with zero attached hydrogens (tertiary/aromatic N) is 1. The van der Waals surface area contributed by atoms with Crippen LogP contribution in [0.1, 0.15) is 16.4 Å². The normalized spacial score (nSPS) is 19.8. The molecule has 0 aliphatic carbocycles. The number of fused-ring (bicyclic) bond motifs is 2. The highest BCUT2D eigenvalue weighted by Gasteiger charge is 2.56. The second kappa shape index (κ2) is 10.4. The number of anilines is 2. The summed E-state index contributed by atoms with van der Waals surface area (Å²) in [6.07, 6.45) is 0. The molecule has 3 heterocycles. The third kappa shape index (κ3) is 4.80. The molecule has 202 valence electrons. The fourth-order valence-corrected chi connectivity index (χ4v) is 7.39. The van der Waals surface area contributed by atoms with Crippen LogP contribution in [0.2, 0.25) is 0 Å². The number of rotatable bonds is 6. The largest absolute Gasteiger partial charge is 0.484 e. The van der Waals surface area contributed by atoms with Crippen molar-refractivity contribution in [3.63, 3.8) is 0 Å². The van der Waals surface area contributed by atoms with Crippen LogP contribution in [-0.4, -0.2) is 34.6 Å². The van der Waals surface area contributed by atoms with Crippen LogP contribution in [0.3, 0.4) is 0 Å². The summed E-state index contributed by atoms with van der Waals surface area (Å²) in [5.41, 5.74) is 1.41. The Morgan fingerprint density at radius 1 is 0.900 bits per heavy atom. The van der Waals surface area contributed by atoms with Crippen molar-refractivity contribution in [2.24, 2.45) is 5.92 Å². The van der Waals surface area contributed by atoms with Crippen LogP contribution >= 0.6 is 23.1 Å². The number of amides is 3. The van der Waals surface area contributed by atoms with Gasteiger partial charge in [0.1, 0.15) is 22.6 Å². The van der Waals surface area contributed by atoms with Crippen molar-refractivity contribution in [1.29, 1.82) is 0 Å². The van der Waals surface area contributed by atoms with Gasteiger partial charge in [-0.2, -0.15) is 0 Å². The SMILES string of the molecule is O=C(COc1ccc([C@H]2c3sc(=O)[nH]c3SC3C(=O)N(c4ccc(F)cc4)C(=O)C32)cc1)Nc1ccc(F)cc1. The van der Waals surface area contributed by atoms with E-state index in [1.807, 2.05) is 0 Å². The van der Waals surface area contributed by atoms with Gasteiger partial charge in [-0.15, -0.1) is 0 Å². The molecule has 2 aliphatic rings. The maximum Gasteiger partial charge on any atom is 0.305 e. The molecule has 3 aromatic carbocycles. The van der Waals surface area contributed by atoms with E-state index in [1.54, 1.807) is 24.3 Å². The molecule has 1 saturated heterocycles. The Morgan fingerprint density at radius 3 is 2.23 bits per heavy atom. The van der Waals surface area contributed by atoms with Gasteiger partial charge in [0.05, 0.1) is 16.6 Å². The molecule has 2 aliphatic heterocycles. The van der Waals surface area contributed by atoms with Crippen LogP contribution in [0.5, 0.6) is 5.75 Å². The lowest BCUT2D eigenvalue weighted by atomic mass is 9.83. The van der Waals surface area contributed by atoms with Gasteiger partial charge < -0.3 is 15.0 Å². The number of aromatic amines is 1. The number of thioether (sulfide) groups is 1. The highest BCUT2D eigenvalue weighted by Crippen LogP contribution is 2.53. The van der Waals surface area contributed by atoms with Crippen LogP contribution in [0.15, 0.2) is 82.6 Å². The molecule has 3 atom stereocenters. The van der Waals surface area contributed by atoms with Gasteiger partial charge in [-0.05, 0) is 66.2 Å². The number of thiazole rings is 1. The van der Waals surface area contributed by atoms with Crippen molar-refractivity contribution in [2.45, 2.75) is 16.2 Å². The van der Waals surface area contributed by atoms with Crippen molar-refractivity contribution in [2.75, 3.05) is 16.8 Å². The summed E-state index contributed by atoms with van der Waals surface area (Å²) >= 11 is 2.15. The average molecular weight is 580 g/mol. The van der Waals surface area contributed by atoms with Crippen molar-refractivity contribution in [3.8, 4) is 5.75 Å². The lowest BCUT2D eigenvalue weighted by Gasteiger charge is -2.29. The Morgan fingerprint density at radius 2 is 1.55 bits per heavy atom. The van der Waals surface area contributed by atoms with E-state index < -0.39 is 46.4 Å². The molecule has 0 bridgehead atoms. The van der Waals surface area contributed by atoms with Gasteiger partial charge in [-0.1, -0.05) is 35.2 Å². The van der Waals surface area contributed by atoms with Crippen molar-refractivity contribution < 1.29 is 27.9 Å². The number of H-pyrrole nitrogens is 1. The third-order valence-corrected chi connectivity index (χ3v) is 9.05. The van der Waals surface area contributed by atoms with Gasteiger partial charge >= 0.3 is 4.87 Å². The van der Waals surface area contributed by atoms with E-state index in [-0.39, 0.29) is 17.2 Å². The fraction of sp³-hybridized carbons (Fsp3) is 0.143. The maximum atomic E-state index is 13.7. The zero-order valence-electron chi connectivity index (χ0n) is 20.4. The molecule has 0 radical (unpaired) electrons. The first-order valence-electron chi connectivity index (χ1n) is 12.1. The molecule has 6 rings (SSSR count). The third-order valence-electron chi connectivity index (χ3n) is 6.65. The van der Waals surface area contributed by atoms with Crippen LogP contribution < -0.4 is 19.8 Å². The number of carbonyl (C=O) groups excluding carboxylic acids is 3. The standard InChI is InChI=1S/C28H19F2N3O5S2/c29-15-3-7-17(8-4-15)31-20(34)13-38-19-11-1-14(2-12-19)21-22-24(39-25-23(21)40-28(37)32-25)27(36)33(26(22)35)18-9-5-16(30)6-10-18/h1-12,21-22,24H,13H2,(H,31,34)(H,32,37)/t21-,22?,24?/m1/s1. The minimum atomic E-state index is -0.783. The number of imide groups is 1. The topological polar surface area (TPSA) is 109 Å². The number of ether oxygens (including phenoxy) is 1. The van der Waals surface area contributed by atoms with E-state index in [0.29, 0.717) is 26.9 Å². The van der Waals surface area contributed by atoms with E-state index >= 15 is 0 Å². The zero-order chi connectivity index (χ0) is 28.0. The molecule has 12 heteroatoms. The highest BCUT2D eigenvalue weighted by molar-refractivity contribution is 8.00. The Hall–Kier alpha value is -4.29. The lowest BCUT2D eigenvalue weighted by molar-refractivity contribution is -0.122. The summed E-state index contributed by atoms with van der Waals surface area (Å²) in [6, 6.07) is 17.3. The molecule has 3 amide bonds. The Kier molecular flexibility index (Phi) is 6.72. The van der Waals surface area contributed by atoms with Gasteiger partial charge in [-0.25, -0.2) is 13.7 Å². The Bertz CT molecular complexity index is 1670. The van der Waals surface area contributed by atoms with Gasteiger partial charge in [-0.3, -0.25) is 19.2 Å². The Balaban J connectivity index is 1.24. The second-order valence-corrected chi connectivity index (χ2v) is 11.3. The first-order chi connectivity index (χ1) is 19.3. The number of halogens is 2. The summed E-state index contributed by atoms with van der Waals surface area (Å²) in [4.78, 5) is 55.8. The summed E-state index contributed by atoms with van der Waals surface area (Å²) in [6.45, 7) is -0.287.